The first-order valence-corrected chi connectivity index (χ1v) is 5.37. The molecule has 0 fully saturated rings. The van der Waals surface area contributed by atoms with Gasteiger partial charge in [-0.15, -0.1) is 0 Å². The Morgan fingerprint density at radius 3 is 2.36 bits per heavy atom. The summed E-state index contributed by atoms with van der Waals surface area (Å²) in [6, 6.07) is 8.49. The highest BCUT2D eigenvalue weighted by molar-refractivity contribution is 5.34. The molecular formula is C13H21N. The molecule has 0 heterocycles. The predicted molar refractivity (Wildman–Crippen MR) is 62.4 cm³/mol. The summed E-state index contributed by atoms with van der Waals surface area (Å²) < 4.78 is 0. The molecule has 1 nitrogen and oxygen atoms in total. The van der Waals surface area contributed by atoms with E-state index in [-0.39, 0.29) is 5.54 Å². The van der Waals surface area contributed by atoms with Crippen LogP contribution in [-0.4, -0.2) is 0 Å². The van der Waals surface area contributed by atoms with Crippen molar-refractivity contribution in [3.05, 3.63) is 35.4 Å². The Labute approximate surface area is 87.3 Å². The fraction of sp³-hybridized carbons (Fsp3) is 0.538. The molecule has 1 heteroatoms. The zero-order valence-corrected chi connectivity index (χ0v) is 9.67. The largest absolute Gasteiger partial charge is 0.322 e. The summed E-state index contributed by atoms with van der Waals surface area (Å²) in [5.41, 5.74) is 8.75. The molecular weight excluding hydrogens is 170 g/mol. The van der Waals surface area contributed by atoms with Gasteiger partial charge in [-0.2, -0.15) is 0 Å². The van der Waals surface area contributed by atoms with Gasteiger partial charge in [0, 0.05) is 5.54 Å². The highest BCUT2D eigenvalue weighted by Crippen LogP contribution is 2.29. The second kappa shape index (κ2) is 4.14. The van der Waals surface area contributed by atoms with Crippen LogP contribution in [0.3, 0.4) is 0 Å². The molecule has 1 aromatic rings. The molecule has 0 saturated heterocycles. The predicted octanol–water partition coefficient (Wildman–Crippen LogP) is 3.39. The van der Waals surface area contributed by atoms with Gasteiger partial charge in [0.05, 0.1) is 0 Å². The molecule has 0 aliphatic rings. The van der Waals surface area contributed by atoms with Crippen LogP contribution in [0.15, 0.2) is 24.3 Å². The maximum absolute atomic E-state index is 6.28. The molecule has 0 saturated carbocycles. The molecule has 0 spiro atoms. The van der Waals surface area contributed by atoms with Crippen LogP contribution in [0.4, 0.5) is 0 Å². The van der Waals surface area contributed by atoms with Crippen molar-refractivity contribution in [2.24, 2.45) is 5.73 Å². The molecule has 1 aromatic carbocycles. The molecule has 1 rings (SSSR count). The van der Waals surface area contributed by atoms with E-state index >= 15 is 0 Å². The second-order valence-electron chi connectivity index (χ2n) is 4.51. The third-order valence-electron chi connectivity index (χ3n) is 2.93. The lowest BCUT2D eigenvalue weighted by Crippen LogP contribution is -2.33. The maximum atomic E-state index is 6.28. The number of hydrogen-bond acceptors (Lipinski definition) is 1. The Balaban J connectivity index is 3.20. The molecule has 0 aliphatic carbocycles. The molecule has 78 valence electrons. The first-order valence-electron chi connectivity index (χ1n) is 5.37. The summed E-state index contributed by atoms with van der Waals surface area (Å²) >= 11 is 0. The monoisotopic (exact) mass is 191 g/mol. The van der Waals surface area contributed by atoms with Gasteiger partial charge >= 0.3 is 0 Å². The van der Waals surface area contributed by atoms with E-state index in [0.717, 1.165) is 6.42 Å². The van der Waals surface area contributed by atoms with Gasteiger partial charge in [0.2, 0.25) is 0 Å². The fourth-order valence-electron chi connectivity index (χ4n) is 1.71. The summed E-state index contributed by atoms with van der Waals surface area (Å²) in [4.78, 5) is 0. The van der Waals surface area contributed by atoms with Crippen molar-refractivity contribution in [1.29, 1.82) is 0 Å². The Hall–Kier alpha value is -0.820. The first kappa shape index (κ1) is 11.3. The quantitative estimate of drug-likeness (QED) is 0.778. The van der Waals surface area contributed by atoms with Crippen LogP contribution in [0.25, 0.3) is 0 Å². The zero-order chi connectivity index (χ0) is 10.8. The Morgan fingerprint density at radius 2 is 1.86 bits per heavy atom. The Bertz CT molecular complexity index is 300. The number of rotatable bonds is 3. The van der Waals surface area contributed by atoms with Crippen molar-refractivity contribution in [3.63, 3.8) is 0 Å². The van der Waals surface area contributed by atoms with Gasteiger partial charge in [-0.3, -0.25) is 0 Å². The van der Waals surface area contributed by atoms with Crippen LogP contribution in [0.1, 0.15) is 51.2 Å². The molecule has 1 unspecified atom stereocenters. The standard InChI is InChI=1S/C13H21N/c1-5-13(4,14)12-9-7-6-8-11(12)10(2)3/h6-10H,5,14H2,1-4H3. The minimum atomic E-state index is -0.194. The average Bonchev–Trinajstić information content (AvgIpc) is 2.18. The van der Waals surface area contributed by atoms with Gasteiger partial charge in [-0.05, 0) is 30.4 Å². The van der Waals surface area contributed by atoms with Crippen molar-refractivity contribution >= 4 is 0 Å². The molecule has 0 bridgehead atoms. The van der Waals surface area contributed by atoms with E-state index in [1.165, 1.54) is 11.1 Å². The molecule has 0 radical (unpaired) electrons. The highest BCUT2D eigenvalue weighted by atomic mass is 14.7. The van der Waals surface area contributed by atoms with Crippen molar-refractivity contribution in [1.82, 2.24) is 0 Å². The van der Waals surface area contributed by atoms with Crippen molar-refractivity contribution < 1.29 is 0 Å². The summed E-state index contributed by atoms with van der Waals surface area (Å²) in [6.07, 6.45) is 0.969. The lowest BCUT2D eigenvalue weighted by Gasteiger charge is -2.27. The molecule has 14 heavy (non-hydrogen) atoms. The minimum Gasteiger partial charge on any atom is -0.322 e. The summed E-state index contributed by atoms with van der Waals surface area (Å²) in [7, 11) is 0. The molecule has 0 amide bonds. The first-order chi connectivity index (χ1) is 6.49. The third kappa shape index (κ3) is 2.16. The highest BCUT2D eigenvalue weighted by Gasteiger charge is 2.22. The topological polar surface area (TPSA) is 26.0 Å². The lowest BCUT2D eigenvalue weighted by molar-refractivity contribution is 0.469. The summed E-state index contributed by atoms with van der Waals surface area (Å²) in [5, 5.41) is 0. The van der Waals surface area contributed by atoms with Crippen molar-refractivity contribution in [2.75, 3.05) is 0 Å². The van der Waals surface area contributed by atoms with Gasteiger partial charge in [0.1, 0.15) is 0 Å². The summed E-state index contributed by atoms with van der Waals surface area (Å²) in [5.74, 6) is 0.542. The fourth-order valence-corrected chi connectivity index (χ4v) is 1.71. The van der Waals surface area contributed by atoms with E-state index in [2.05, 4.69) is 52.0 Å². The van der Waals surface area contributed by atoms with E-state index in [0.29, 0.717) is 5.92 Å². The van der Waals surface area contributed by atoms with E-state index in [4.69, 9.17) is 5.73 Å². The van der Waals surface area contributed by atoms with Crippen LogP contribution >= 0.6 is 0 Å². The molecule has 2 N–H and O–H groups in total. The normalized spacial score (nSPS) is 15.6. The smallest absolute Gasteiger partial charge is 0.0381 e. The number of nitrogens with two attached hydrogens (primary N) is 1. The Morgan fingerprint density at radius 1 is 1.29 bits per heavy atom. The van der Waals surface area contributed by atoms with E-state index in [9.17, 15) is 0 Å². The second-order valence-corrected chi connectivity index (χ2v) is 4.51. The molecule has 0 aromatic heterocycles. The lowest BCUT2D eigenvalue weighted by atomic mass is 9.83. The molecule has 1 atom stereocenters. The van der Waals surface area contributed by atoms with Gasteiger partial charge in [0.25, 0.3) is 0 Å². The van der Waals surface area contributed by atoms with Gasteiger partial charge in [-0.1, -0.05) is 45.0 Å². The van der Waals surface area contributed by atoms with E-state index < -0.39 is 0 Å². The van der Waals surface area contributed by atoms with Crippen LogP contribution in [-0.2, 0) is 5.54 Å². The van der Waals surface area contributed by atoms with E-state index in [1.807, 2.05) is 0 Å². The van der Waals surface area contributed by atoms with E-state index in [1.54, 1.807) is 0 Å². The van der Waals surface area contributed by atoms with Crippen molar-refractivity contribution in [3.8, 4) is 0 Å². The summed E-state index contributed by atoms with van der Waals surface area (Å²) in [6.45, 7) is 8.67. The van der Waals surface area contributed by atoms with Crippen LogP contribution in [0.2, 0.25) is 0 Å². The zero-order valence-electron chi connectivity index (χ0n) is 9.67. The van der Waals surface area contributed by atoms with Gasteiger partial charge in [0.15, 0.2) is 0 Å². The average molecular weight is 191 g/mol. The SMILES string of the molecule is CCC(C)(N)c1ccccc1C(C)C. The van der Waals surface area contributed by atoms with Gasteiger partial charge < -0.3 is 5.73 Å². The molecule has 0 aliphatic heterocycles. The minimum absolute atomic E-state index is 0.194. The maximum Gasteiger partial charge on any atom is 0.0381 e. The number of benzene rings is 1. The number of hydrogen-bond donors (Lipinski definition) is 1. The Kier molecular flexibility index (Phi) is 3.33. The van der Waals surface area contributed by atoms with Crippen LogP contribution < -0.4 is 5.73 Å². The van der Waals surface area contributed by atoms with Gasteiger partial charge in [-0.25, -0.2) is 0 Å². The third-order valence-corrected chi connectivity index (χ3v) is 2.93. The van der Waals surface area contributed by atoms with Crippen LogP contribution in [0.5, 0.6) is 0 Å². The van der Waals surface area contributed by atoms with Crippen molar-refractivity contribution in [2.45, 2.75) is 45.6 Å². The van der Waals surface area contributed by atoms with Crippen LogP contribution in [0, 0.1) is 0 Å².